The highest BCUT2D eigenvalue weighted by Crippen LogP contribution is 2.21. The minimum absolute atomic E-state index is 0.538. The summed E-state index contributed by atoms with van der Waals surface area (Å²) in [7, 11) is 0. The molecule has 0 saturated heterocycles. The van der Waals surface area contributed by atoms with Gasteiger partial charge in [-0.25, -0.2) is 0 Å². The quantitative estimate of drug-likeness (QED) is 0.769. The summed E-state index contributed by atoms with van der Waals surface area (Å²) in [5, 5.41) is 10.1. The molecule has 0 bridgehead atoms. The van der Waals surface area contributed by atoms with Crippen molar-refractivity contribution in [2.24, 2.45) is 0 Å². The topological polar surface area (TPSA) is 20.2 Å². The Kier molecular flexibility index (Phi) is 4.92. The number of hydrogen-bond acceptors (Lipinski definition) is 1. The Hall–Kier alpha value is -1.60. The summed E-state index contributed by atoms with van der Waals surface area (Å²) in [4.78, 5) is 0. The summed E-state index contributed by atoms with van der Waals surface area (Å²) in [6.07, 6.45) is 5.15. The molecule has 0 amide bonds. The molecular formula is C16H20O. The second-order valence-corrected chi connectivity index (χ2v) is 4.34. The molecule has 1 aromatic rings. The molecule has 1 aromatic carbocycles. The number of benzene rings is 1. The van der Waals surface area contributed by atoms with Crippen LogP contribution in [0, 0.1) is 6.92 Å². The van der Waals surface area contributed by atoms with E-state index in [0.717, 1.165) is 16.7 Å². The van der Waals surface area contributed by atoms with Gasteiger partial charge in [0.05, 0.1) is 0 Å². The second kappa shape index (κ2) is 6.21. The normalized spacial score (nSPS) is 14.6. The molecule has 1 atom stereocenters. The van der Waals surface area contributed by atoms with E-state index in [1.807, 2.05) is 57.2 Å². The molecule has 17 heavy (non-hydrogen) atoms. The molecule has 0 aromatic heterocycles. The second-order valence-electron chi connectivity index (χ2n) is 4.34. The maximum atomic E-state index is 10.1. The minimum atomic E-state index is -0.538. The van der Waals surface area contributed by atoms with Crippen LogP contribution in [0.15, 0.2) is 60.2 Å². The molecule has 1 rings (SSSR count). The Bertz CT molecular complexity index is 435. The molecule has 0 radical (unpaired) electrons. The van der Waals surface area contributed by atoms with Crippen molar-refractivity contribution < 1.29 is 5.11 Å². The first-order valence-corrected chi connectivity index (χ1v) is 5.76. The zero-order valence-electron chi connectivity index (χ0n) is 10.8. The third kappa shape index (κ3) is 4.04. The van der Waals surface area contributed by atoms with Crippen LogP contribution in [0.5, 0.6) is 0 Å². The maximum absolute atomic E-state index is 10.1. The zero-order valence-corrected chi connectivity index (χ0v) is 10.8. The summed E-state index contributed by atoms with van der Waals surface area (Å²) in [5.41, 5.74) is 4.13. The van der Waals surface area contributed by atoms with Crippen molar-refractivity contribution in [1.82, 2.24) is 0 Å². The van der Waals surface area contributed by atoms with E-state index in [1.54, 1.807) is 6.08 Å². The lowest BCUT2D eigenvalue weighted by molar-refractivity contribution is 0.215. The van der Waals surface area contributed by atoms with Gasteiger partial charge >= 0.3 is 0 Å². The molecule has 0 saturated carbocycles. The van der Waals surface area contributed by atoms with E-state index in [0.29, 0.717) is 0 Å². The molecule has 0 aliphatic heterocycles. The highest BCUT2D eigenvalue weighted by Gasteiger charge is 2.08. The minimum Gasteiger partial charge on any atom is -0.384 e. The van der Waals surface area contributed by atoms with Crippen molar-refractivity contribution in [2.75, 3.05) is 0 Å². The molecule has 0 heterocycles. The average molecular weight is 228 g/mol. The van der Waals surface area contributed by atoms with Crippen molar-refractivity contribution in [3.63, 3.8) is 0 Å². The third-order valence-corrected chi connectivity index (χ3v) is 2.76. The predicted molar refractivity (Wildman–Crippen MR) is 73.8 cm³/mol. The monoisotopic (exact) mass is 228 g/mol. The van der Waals surface area contributed by atoms with E-state index in [9.17, 15) is 5.11 Å². The fourth-order valence-corrected chi connectivity index (χ4v) is 1.43. The van der Waals surface area contributed by atoms with Gasteiger partial charge in [0, 0.05) is 0 Å². The van der Waals surface area contributed by atoms with Gasteiger partial charge in [0.1, 0.15) is 6.10 Å². The Labute approximate surface area is 104 Å². The molecule has 0 spiro atoms. The first-order chi connectivity index (χ1) is 8.04. The van der Waals surface area contributed by atoms with Crippen LogP contribution < -0.4 is 0 Å². The van der Waals surface area contributed by atoms with Crippen molar-refractivity contribution in [1.29, 1.82) is 0 Å². The summed E-state index contributed by atoms with van der Waals surface area (Å²) < 4.78 is 0. The van der Waals surface area contributed by atoms with Crippen molar-refractivity contribution >= 4 is 0 Å². The number of allylic oxidation sites excluding steroid dienone is 4. The smallest absolute Gasteiger partial charge is 0.100 e. The van der Waals surface area contributed by atoms with Crippen LogP contribution in [0.3, 0.4) is 0 Å². The van der Waals surface area contributed by atoms with E-state index in [4.69, 9.17) is 0 Å². The Balaban J connectivity index is 2.86. The SMILES string of the molecule is C=C/C(C)=C\C=C(/C)C(O)c1ccc(C)cc1. The molecule has 90 valence electrons. The van der Waals surface area contributed by atoms with Gasteiger partial charge in [-0.1, -0.05) is 60.2 Å². The first kappa shape index (κ1) is 13.5. The van der Waals surface area contributed by atoms with Gasteiger partial charge in [-0.05, 0) is 31.9 Å². The van der Waals surface area contributed by atoms with Gasteiger partial charge in [-0.3, -0.25) is 0 Å². The standard InChI is InChI=1S/C16H20O/c1-5-12(2)6-9-14(4)16(17)15-10-7-13(3)8-11-15/h5-11,16-17H,1H2,2-4H3/b12-6-,14-9+. The molecule has 0 fully saturated rings. The fourth-order valence-electron chi connectivity index (χ4n) is 1.43. The Morgan fingerprint density at radius 1 is 1.18 bits per heavy atom. The highest BCUT2D eigenvalue weighted by atomic mass is 16.3. The van der Waals surface area contributed by atoms with Crippen LogP contribution in [0.4, 0.5) is 0 Å². The van der Waals surface area contributed by atoms with Crippen molar-refractivity contribution in [3.8, 4) is 0 Å². The Morgan fingerprint density at radius 3 is 2.29 bits per heavy atom. The van der Waals surface area contributed by atoms with E-state index < -0.39 is 6.10 Å². The number of aliphatic hydroxyl groups excluding tert-OH is 1. The van der Waals surface area contributed by atoms with Crippen LogP contribution in [0.2, 0.25) is 0 Å². The van der Waals surface area contributed by atoms with Crippen LogP contribution in [-0.4, -0.2) is 5.11 Å². The molecule has 0 aliphatic rings. The lowest BCUT2D eigenvalue weighted by Gasteiger charge is -2.11. The van der Waals surface area contributed by atoms with Crippen LogP contribution in [0.25, 0.3) is 0 Å². The maximum Gasteiger partial charge on any atom is 0.100 e. The average Bonchev–Trinajstić information content (AvgIpc) is 2.35. The van der Waals surface area contributed by atoms with Gasteiger partial charge in [0.2, 0.25) is 0 Å². The Morgan fingerprint density at radius 2 is 1.76 bits per heavy atom. The number of hydrogen-bond donors (Lipinski definition) is 1. The zero-order chi connectivity index (χ0) is 12.8. The lowest BCUT2D eigenvalue weighted by Crippen LogP contribution is -1.98. The number of aliphatic hydroxyl groups is 1. The number of rotatable bonds is 4. The summed E-state index contributed by atoms with van der Waals surface area (Å²) in [6, 6.07) is 7.94. The third-order valence-electron chi connectivity index (χ3n) is 2.76. The molecule has 0 aliphatic carbocycles. The number of aryl methyl sites for hydroxylation is 1. The van der Waals surface area contributed by atoms with Crippen LogP contribution >= 0.6 is 0 Å². The van der Waals surface area contributed by atoms with Crippen molar-refractivity contribution in [3.05, 3.63) is 71.3 Å². The van der Waals surface area contributed by atoms with E-state index in [2.05, 4.69) is 6.58 Å². The van der Waals surface area contributed by atoms with Gasteiger partial charge in [0.15, 0.2) is 0 Å². The molecule has 1 nitrogen and oxygen atoms in total. The van der Waals surface area contributed by atoms with Crippen molar-refractivity contribution in [2.45, 2.75) is 26.9 Å². The van der Waals surface area contributed by atoms with Gasteiger partial charge in [-0.15, -0.1) is 0 Å². The summed E-state index contributed by atoms with van der Waals surface area (Å²) >= 11 is 0. The van der Waals surface area contributed by atoms with Crippen LogP contribution in [0.1, 0.15) is 31.1 Å². The fraction of sp³-hybridized carbons (Fsp3) is 0.250. The van der Waals surface area contributed by atoms with E-state index >= 15 is 0 Å². The van der Waals surface area contributed by atoms with E-state index in [-0.39, 0.29) is 0 Å². The summed E-state index contributed by atoms with van der Waals surface area (Å²) in [5.74, 6) is 0. The van der Waals surface area contributed by atoms with E-state index in [1.165, 1.54) is 5.56 Å². The molecular weight excluding hydrogens is 208 g/mol. The first-order valence-electron chi connectivity index (χ1n) is 5.76. The lowest BCUT2D eigenvalue weighted by atomic mass is 10.0. The predicted octanol–water partition coefficient (Wildman–Crippen LogP) is 4.11. The van der Waals surface area contributed by atoms with Gasteiger partial charge in [0.25, 0.3) is 0 Å². The van der Waals surface area contributed by atoms with Gasteiger partial charge in [-0.2, -0.15) is 0 Å². The summed E-state index contributed by atoms with van der Waals surface area (Å²) in [6.45, 7) is 9.64. The largest absolute Gasteiger partial charge is 0.384 e. The molecule has 1 N–H and O–H groups in total. The molecule has 1 heteroatoms. The van der Waals surface area contributed by atoms with Gasteiger partial charge < -0.3 is 5.11 Å². The molecule has 1 unspecified atom stereocenters. The van der Waals surface area contributed by atoms with Crippen LogP contribution in [-0.2, 0) is 0 Å². The highest BCUT2D eigenvalue weighted by molar-refractivity contribution is 5.31.